The highest BCUT2D eigenvalue weighted by molar-refractivity contribution is 5.92. The standard InChI is InChI=1S/C32H20N4O/c1-2-8-22(9-3-1)32-35-26-13-7-15-28-29(26)36(32)27-14-6-10-23(30(27)37-28)20-16-18-21(19-17-20)31-33-24-11-4-5-12-25(24)34-31/h1-19H,(H,33,34). The predicted molar refractivity (Wildman–Crippen MR) is 147 cm³/mol. The lowest BCUT2D eigenvalue weighted by molar-refractivity contribution is 0.477. The maximum Gasteiger partial charge on any atom is 0.159 e. The van der Waals surface area contributed by atoms with Crippen molar-refractivity contribution in [3.63, 3.8) is 0 Å². The Labute approximate surface area is 212 Å². The summed E-state index contributed by atoms with van der Waals surface area (Å²) in [5.41, 5.74) is 9.11. The number of nitrogens with one attached hydrogen (secondary N) is 1. The molecular weight excluding hydrogens is 456 g/mol. The molecule has 37 heavy (non-hydrogen) atoms. The number of hydrogen-bond acceptors (Lipinski definition) is 3. The highest BCUT2D eigenvalue weighted by Crippen LogP contribution is 2.47. The molecule has 1 aliphatic rings. The lowest BCUT2D eigenvalue weighted by Gasteiger charge is -2.23. The van der Waals surface area contributed by atoms with E-state index in [0.717, 1.165) is 73.2 Å². The van der Waals surface area contributed by atoms with Crippen molar-refractivity contribution < 1.29 is 4.74 Å². The number of hydrogen-bond donors (Lipinski definition) is 1. The summed E-state index contributed by atoms with van der Waals surface area (Å²) in [7, 11) is 0. The van der Waals surface area contributed by atoms with E-state index in [1.54, 1.807) is 0 Å². The van der Waals surface area contributed by atoms with Gasteiger partial charge in [0.05, 0.1) is 22.2 Å². The van der Waals surface area contributed by atoms with Crippen LogP contribution in [0.4, 0.5) is 0 Å². The zero-order valence-electron chi connectivity index (χ0n) is 19.7. The third-order valence-corrected chi connectivity index (χ3v) is 6.98. The largest absolute Gasteiger partial charge is 0.452 e. The number of aromatic nitrogens is 4. The van der Waals surface area contributed by atoms with E-state index in [2.05, 4.69) is 64.1 Å². The maximum absolute atomic E-state index is 6.56. The Balaban J connectivity index is 1.27. The average Bonchev–Trinajstić information content (AvgIpc) is 3.57. The Morgan fingerprint density at radius 1 is 0.595 bits per heavy atom. The van der Waals surface area contributed by atoms with Crippen LogP contribution in [0.2, 0.25) is 0 Å². The van der Waals surface area contributed by atoms with Crippen molar-refractivity contribution in [3.05, 3.63) is 115 Å². The molecule has 0 bridgehead atoms. The lowest BCUT2D eigenvalue weighted by Crippen LogP contribution is -2.06. The van der Waals surface area contributed by atoms with Crippen molar-refractivity contribution in [1.82, 2.24) is 19.5 Å². The number of para-hydroxylation sites is 4. The van der Waals surface area contributed by atoms with Gasteiger partial charge in [0.2, 0.25) is 0 Å². The first kappa shape index (κ1) is 20.1. The molecule has 1 aliphatic heterocycles. The summed E-state index contributed by atoms with van der Waals surface area (Å²) in [6.45, 7) is 0. The van der Waals surface area contributed by atoms with E-state index in [-0.39, 0.29) is 0 Å². The van der Waals surface area contributed by atoms with Gasteiger partial charge in [-0.25, -0.2) is 9.97 Å². The number of ether oxygens (including phenoxy) is 1. The number of fused-ring (bicyclic) bond motifs is 3. The minimum atomic E-state index is 0.811. The summed E-state index contributed by atoms with van der Waals surface area (Å²) in [6, 6.07) is 39.2. The number of H-pyrrole nitrogens is 1. The lowest BCUT2D eigenvalue weighted by atomic mass is 10.0. The first-order valence-electron chi connectivity index (χ1n) is 12.3. The number of rotatable bonds is 3. The van der Waals surface area contributed by atoms with Gasteiger partial charge in [-0.05, 0) is 35.9 Å². The van der Waals surface area contributed by atoms with Crippen LogP contribution >= 0.6 is 0 Å². The SMILES string of the molecule is c1ccc(-c2nc3cccc4c3n2-c2cccc(-c3ccc(-c5nc6ccccc6[nH]5)cc3)c2O4)cc1. The predicted octanol–water partition coefficient (Wildman–Crippen LogP) is 8.01. The maximum atomic E-state index is 6.56. The Kier molecular flexibility index (Phi) is 4.16. The van der Waals surface area contributed by atoms with Crippen molar-refractivity contribution in [2.45, 2.75) is 0 Å². The summed E-state index contributed by atoms with van der Waals surface area (Å²) >= 11 is 0. The number of imidazole rings is 2. The molecular formula is C32H20N4O. The number of aromatic amines is 1. The van der Waals surface area contributed by atoms with Crippen molar-refractivity contribution in [1.29, 1.82) is 0 Å². The van der Waals surface area contributed by atoms with Gasteiger partial charge in [0.1, 0.15) is 17.2 Å². The molecule has 7 aromatic rings. The Morgan fingerprint density at radius 3 is 2.22 bits per heavy atom. The monoisotopic (exact) mass is 476 g/mol. The van der Waals surface area contributed by atoms with Crippen LogP contribution in [0, 0.1) is 0 Å². The molecule has 174 valence electrons. The van der Waals surface area contributed by atoms with E-state index in [1.165, 1.54) is 0 Å². The van der Waals surface area contributed by atoms with Gasteiger partial charge in [0.15, 0.2) is 11.5 Å². The molecule has 5 heteroatoms. The molecule has 2 aromatic heterocycles. The van der Waals surface area contributed by atoms with E-state index >= 15 is 0 Å². The molecule has 0 unspecified atom stereocenters. The third-order valence-electron chi connectivity index (χ3n) is 6.98. The molecule has 1 N–H and O–H groups in total. The summed E-state index contributed by atoms with van der Waals surface area (Å²) in [6.07, 6.45) is 0. The fraction of sp³-hybridized carbons (Fsp3) is 0. The normalized spacial score (nSPS) is 12.0. The van der Waals surface area contributed by atoms with E-state index < -0.39 is 0 Å². The second kappa shape index (κ2) is 7.67. The minimum Gasteiger partial charge on any atom is -0.452 e. The fourth-order valence-corrected chi connectivity index (χ4v) is 5.24. The molecule has 8 rings (SSSR count). The van der Waals surface area contributed by atoms with E-state index in [9.17, 15) is 0 Å². The van der Waals surface area contributed by atoms with Crippen molar-refractivity contribution in [2.75, 3.05) is 0 Å². The molecule has 0 fully saturated rings. The van der Waals surface area contributed by atoms with Crippen LogP contribution in [-0.4, -0.2) is 19.5 Å². The van der Waals surface area contributed by atoms with Gasteiger partial charge in [-0.2, -0.15) is 0 Å². The molecule has 5 aromatic carbocycles. The molecule has 0 amide bonds. The second-order valence-corrected chi connectivity index (χ2v) is 9.20. The molecule has 0 saturated carbocycles. The van der Waals surface area contributed by atoms with E-state index in [1.807, 2.05) is 60.7 Å². The summed E-state index contributed by atoms with van der Waals surface area (Å²) < 4.78 is 8.79. The fourth-order valence-electron chi connectivity index (χ4n) is 5.24. The first-order valence-corrected chi connectivity index (χ1v) is 12.3. The second-order valence-electron chi connectivity index (χ2n) is 9.20. The Morgan fingerprint density at radius 2 is 1.35 bits per heavy atom. The van der Waals surface area contributed by atoms with Crippen LogP contribution in [0.25, 0.3) is 61.7 Å². The third kappa shape index (κ3) is 3.04. The van der Waals surface area contributed by atoms with Crippen LogP contribution in [0.15, 0.2) is 115 Å². The van der Waals surface area contributed by atoms with Gasteiger partial charge in [-0.15, -0.1) is 0 Å². The number of nitrogens with zero attached hydrogens (tertiary/aromatic N) is 3. The highest BCUT2D eigenvalue weighted by atomic mass is 16.5. The molecule has 3 heterocycles. The van der Waals surface area contributed by atoms with Crippen molar-refractivity contribution in [2.24, 2.45) is 0 Å². The van der Waals surface area contributed by atoms with Crippen LogP contribution < -0.4 is 4.74 Å². The van der Waals surface area contributed by atoms with Gasteiger partial charge in [0, 0.05) is 16.7 Å². The van der Waals surface area contributed by atoms with Crippen LogP contribution in [0.1, 0.15) is 0 Å². The van der Waals surface area contributed by atoms with Crippen LogP contribution in [0.3, 0.4) is 0 Å². The van der Waals surface area contributed by atoms with Crippen molar-refractivity contribution in [3.8, 4) is 51.1 Å². The average molecular weight is 477 g/mol. The minimum absolute atomic E-state index is 0.811. The van der Waals surface area contributed by atoms with Crippen molar-refractivity contribution >= 4 is 22.1 Å². The van der Waals surface area contributed by atoms with Crippen LogP contribution in [-0.2, 0) is 0 Å². The molecule has 0 aliphatic carbocycles. The Hall–Kier alpha value is -5.16. The topological polar surface area (TPSA) is 55.7 Å². The van der Waals surface area contributed by atoms with Gasteiger partial charge in [0.25, 0.3) is 0 Å². The molecule has 0 spiro atoms. The first-order chi connectivity index (χ1) is 18.3. The van der Waals surface area contributed by atoms with Gasteiger partial charge in [-0.1, -0.05) is 84.9 Å². The molecule has 0 radical (unpaired) electrons. The van der Waals surface area contributed by atoms with E-state index in [4.69, 9.17) is 14.7 Å². The van der Waals surface area contributed by atoms with Gasteiger partial charge in [-0.3, -0.25) is 4.57 Å². The zero-order valence-corrected chi connectivity index (χ0v) is 19.7. The molecule has 5 nitrogen and oxygen atoms in total. The van der Waals surface area contributed by atoms with E-state index in [0.29, 0.717) is 0 Å². The smallest absolute Gasteiger partial charge is 0.159 e. The quantitative estimate of drug-likeness (QED) is 0.281. The van der Waals surface area contributed by atoms with Gasteiger partial charge >= 0.3 is 0 Å². The molecule has 0 saturated heterocycles. The summed E-state index contributed by atoms with van der Waals surface area (Å²) in [5.74, 6) is 3.41. The molecule has 0 atom stereocenters. The van der Waals surface area contributed by atoms with Gasteiger partial charge < -0.3 is 9.72 Å². The number of benzene rings is 5. The summed E-state index contributed by atoms with van der Waals surface area (Å²) in [5, 5.41) is 0. The zero-order chi connectivity index (χ0) is 24.3. The highest BCUT2D eigenvalue weighted by Gasteiger charge is 2.27. The summed E-state index contributed by atoms with van der Waals surface area (Å²) in [4.78, 5) is 13.2. The Bertz CT molecular complexity index is 1920. The van der Waals surface area contributed by atoms with Crippen LogP contribution in [0.5, 0.6) is 11.5 Å².